The van der Waals surface area contributed by atoms with Crippen molar-refractivity contribution in [1.82, 2.24) is 12.9 Å². The minimum atomic E-state index is -0.0513. The lowest BCUT2D eigenvalue weighted by molar-refractivity contribution is -0.122. The first kappa shape index (κ1) is 12.0. The zero-order valence-corrected chi connectivity index (χ0v) is 11.8. The van der Waals surface area contributed by atoms with Gasteiger partial charge in [-0.3, -0.25) is 9.69 Å². The number of Topliss-reactive ketones (excluding diaryl/α,β-unsaturated/α-hetero) is 1. The molecule has 1 fully saturated rings. The van der Waals surface area contributed by atoms with Crippen molar-refractivity contribution in [1.29, 1.82) is 0 Å². The monoisotopic (exact) mass is 333 g/mol. The molecule has 4 nitrogen and oxygen atoms in total. The fraction of sp³-hybridized carbons (Fsp3) is 0.636. The van der Waals surface area contributed by atoms with Crippen LogP contribution < -0.4 is 0 Å². The molecule has 1 aromatic heterocycles. The lowest BCUT2D eigenvalue weighted by Gasteiger charge is -2.41. The minimum Gasteiger partial charge on any atom is -0.300 e. The summed E-state index contributed by atoms with van der Waals surface area (Å²) in [6.07, 6.45) is 5.06. The summed E-state index contributed by atoms with van der Waals surface area (Å²) in [6, 6.07) is 2.06. The van der Waals surface area contributed by atoms with Crippen molar-refractivity contribution in [3.63, 3.8) is 0 Å². The van der Waals surface area contributed by atoms with Crippen molar-refractivity contribution in [3.05, 3.63) is 18.0 Å². The maximum atomic E-state index is 11.4. The van der Waals surface area contributed by atoms with Crippen LogP contribution in [0.2, 0.25) is 0 Å². The Hall–Kier alpha value is -0.430. The summed E-state index contributed by atoms with van der Waals surface area (Å²) in [7, 11) is 4.14. The van der Waals surface area contributed by atoms with E-state index in [1.54, 1.807) is 2.90 Å². The van der Waals surface area contributed by atoms with E-state index >= 15 is 0 Å². The Kier molecular flexibility index (Phi) is 3.34. The van der Waals surface area contributed by atoms with Crippen LogP contribution in [-0.4, -0.2) is 32.8 Å². The fourth-order valence-electron chi connectivity index (χ4n) is 2.42. The summed E-state index contributed by atoms with van der Waals surface area (Å²) in [6.45, 7) is 0. The Morgan fingerprint density at radius 2 is 2.06 bits per heavy atom. The van der Waals surface area contributed by atoms with Crippen LogP contribution >= 0.6 is 22.9 Å². The molecule has 0 spiro atoms. The fourth-order valence-corrected chi connectivity index (χ4v) is 2.82. The molecule has 0 aliphatic heterocycles. The molecule has 16 heavy (non-hydrogen) atoms. The van der Waals surface area contributed by atoms with E-state index in [1.807, 2.05) is 6.20 Å². The Bertz CT molecular complexity index is 390. The number of hydrogen-bond acceptors (Lipinski definition) is 3. The molecule has 1 aromatic rings. The minimum absolute atomic E-state index is 0.0513. The number of ketones is 1. The number of halogens is 1. The third-order valence-electron chi connectivity index (χ3n) is 3.53. The van der Waals surface area contributed by atoms with Crippen LogP contribution in [0.15, 0.2) is 12.3 Å². The second kappa shape index (κ2) is 4.44. The van der Waals surface area contributed by atoms with Gasteiger partial charge in [-0.2, -0.15) is 5.10 Å². The SMILES string of the molecule is CN(C)C1(c2ccn(I)n2)CCC(=O)CC1. The zero-order valence-electron chi connectivity index (χ0n) is 9.61. The van der Waals surface area contributed by atoms with Gasteiger partial charge in [0.05, 0.1) is 34.1 Å². The average molecular weight is 333 g/mol. The first-order valence-corrected chi connectivity index (χ1v) is 6.42. The molecule has 0 saturated heterocycles. The summed E-state index contributed by atoms with van der Waals surface area (Å²) in [4.78, 5) is 13.6. The van der Waals surface area contributed by atoms with E-state index in [4.69, 9.17) is 0 Å². The van der Waals surface area contributed by atoms with Crippen LogP contribution in [0, 0.1) is 0 Å². The third-order valence-corrected chi connectivity index (χ3v) is 4.06. The van der Waals surface area contributed by atoms with Crippen LogP contribution in [0.3, 0.4) is 0 Å². The Morgan fingerprint density at radius 3 is 2.50 bits per heavy atom. The van der Waals surface area contributed by atoms with Gasteiger partial charge in [-0.15, -0.1) is 0 Å². The topological polar surface area (TPSA) is 38.1 Å². The summed E-state index contributed by atoms with van der Waals surface area (Å²) in [5.74, 6) is 0.381. The molecule has 0 radical (unpaired) electrons. The second-order valence-electron chi connectivity index (χ2n) is 4.55. The van der Waals surface area contributed by atoms with E-state index in [0.717, 1.165) is 18.5 Å². The van der Waals surface area contributed by atoms with Gasteiger partial charge in [0.2, 0.25) is 0 Å². The number of carbonyl (C=O) groups is 1. The van der Waals surface area contributed by atoms with Gasteiger partial charge in [0.25, 0.3) is 0 Å². The van der Waals surface area contributed by atoms with Crippen molar-refractivity contribution < 1.29 is 4.79 Å². The molecule has 5 heteroatoms. The molecule has 88 valence electrons. The van der Waals surface area contributed by atoms with Crippen molar-refractivity contribution in [2.45, 2.75) is 31.2 Å². The molecule has 0 atom stereocenters. The molecular formula is C11H16IN3O. The molecule has 1 aliphatic rings. The summed E-state index contributed by atoms with van der Waals surface area (Å²) < 4.78 is 1.80. The van der Waals surface area contributed by atoms with Crippen LogP contribution in [-0.2, 0) is 10.3 Å². The lowest BCUT2D eigenvalue weighted by atomic mass is 9.78. The van der Waals surface area contributed by atoms with Gasteiger partial charge in [-0.1, -0.05) is 0 Å². The van der Waals surface area contributed by atoms with Gasteiger partial charge < -0.3 is 0 Å². The van der Waals surface area contributed by atoms with Crippen LogP contribution in [0.4, 0.5) is 0 Å². The number of aromatic nitrogens is 2. The highest BCUT2D eigenvalue weighted by molar-refractivity contribution is 14.1. The molecule has 1 heterocycles. The van der Waals surface area contributed by atoms with Crippen molar-refractivity contribution in [2.24, 2.45) is 0 Å². The van der Waals surface area contributed by atoms with Crippen molar-refractivity contribution >= 4 is 28.6 Å². The zero-order chi connectivity index (χ0) is 11.8. The smallest absolute Gasteiger partial charge is 0.133 e. The van der Waals surface area contributed by atoms with Gasteiger partial charge >= 0.3 is 0 Å². The molecule has 0 bridgehead atoms. The summed E-state index contributed by atoms with van der Waals surface area (Å²) >= 11 is 2.15. The molecule has 0 N–H and O–H groups in total. The van der Waals surface area contributed by atoms with Gasteiger partial charge in [-0.25, -0.2) is 2.90 Å². The maximum Gasteiger partial charge on any atom is 0.133 e. The van der Waals surface area contributed by atoms with Gasteiger partial charge in [0.1, 0.15) is 5.78 Å². The molecule has 1 aliphatic carbocycles. The average Bonchev–Trinajstić information content (AvgIpc) is 2.66. The molecule has 0 unspecified atom stereocenters. The number of rotatable bonds is 2. The Labute approximate surface area is 109 Å². The van der Waals surface area contributed by atoms with Crippen molar-refractivity contribution in [2.75, 3.05) is 14.1 Å². The van der Waals surface area contributed by atoms with E-state index in [9.17, 15) is 4.79 Å². The van der Waals surface area contributed by atoms with E-state index in [2.05, 4.69) is 53.0 Å². The predicted octanol–water partition coefficient (Wildman–Crippen LogP) is 1.98. The van der Waals surface area contributed by atoms with Crippen LogP contribution in [0.25, 0.3) is 0 Å². The van der Waals surface area contributed by atoms with Crippen LogP contribution in [0.1, 0.15) is 31.4 Å². The molecule has 1 saturated carbocycles. The van der Waals surface area contributed by atoms with E-state index in [1.165, 1.54) is 0 Å². The highest BCUT2D eigenvalue weighted by atomic mass is 127. The normalized spacial score (nSPS) is 20.4. The molecule has 0 aromatic carbocycles. The number of carbonyl (C=O) groups excluding carboxylic acids is 1. The van der Waals surface area contributed by atoms with E-state index in [-0.39, 0.29) is 5.54 Å². The lowest BCUT2D eigenvalue weighted by Crippen LogP contribution is -2.44. The molecule has 0 amide bonds. The maximum absolute atomic E-state index is 11.4. The predicted molar refractivity (Wildman–Crippen MR) is 70.5 cm³/mol. The Balaban J connectivity index is 2.33. The van der Waals surface area contributed by atoms with Gasteiger partial charge in [0.15, 0.2) is 0 Å². The highest BCUT2D eigenvalue weighted by Crippen LogP contribution is 2.39. The van der Waals surface area contributed by atoms with Crippen molar-refractivity contribution in [3.8, 4) is 0 Å². The third kappa shape index (κ3) is 2.02. The molecular weight excluding hydrogens is 317 g/mol. The number of nitrogens with zero attached hydrogens (tertiary/aromatic N) is 3. The summed E-state index contributed by atoms with van der Waals surface area (Å²) in [5, 5.41) is 4.50. The van der Waals surface area contributed by atoms with Crippen LogP contribution in [0.5, 0.6) is 0 Å². The highest BCUT2D eigenvalue weighted by Gasteiger charge is 2.40. The Morgan fingerprint density at radius 1 is 1.44 bits per heavy atom. The second-order valence-corrected chi connectivity index (χ2v) is 5.54. The molecule has 2 rings (SSSR count). The number of hydrogen-bond donors (Lipinski definition) is 0. The van der Waals surface area contributed by atoms with E-state index in [0.29, 0.717) is 18.6 Å². The van der Waals surface area contributed by atoms with E-state index < -0.39 is 0 Å². The van der Waals surface area contributed by atoms with Gasteiger partial charge in [0, 0.05) is 19.0 Å². The largest absolute Gasteiger partial charge is 0.300 e. The quantitative estimate of drug-likeness (QED) is 0.777. The standard InChI is InChI=1S/C11H16IN3O/c1-14(2)11(6-3-9(16)4-7-11)10-5-8-15(12)13-10/h5,8H,3-4,6-7H2,1-2H3. The first-order chi connectivity index (χ1) is 7.54. The first-order valence-electron chi connectivity index (χ1n) is 5.46. The van der Waals surface area contributed by atoms with Gasteiger partial charge in [-0.05, 0) is 33.0 Å². The summed E-state index contributed by atoms with van der Waals surface area (Å²) in [5.41, 5.74) is 1.03.